The summed E-state index contributed by atoms with van der Waals surface area (Å²) >= 11 is 0. The monoisotopic (exact) mass is 344 g/mol. The van der Waals surface area contributed by atoms with Gasteiger partial charge in [-0.1, -0.05) is 6.07 Å². The van der Waals surface area contributed by atoms with Crippen molar-refractivity contribution in [2.45, 2.75) is 6.42 Å². The van der Waals surface area contributed by atoms with Gasteiger partial charge in [0.05, 0.1) is 13.4 Å². The minimum absolute atomic E-state index is 0.220. The third-order valence-electron chi connectivity index (χ3n) is 3.20. The van der Waals surface area contributed by atoms with Gasteiger partial charge in [-0.25, -0.2) is 12.7 Å². The molecule has 23 heavy (non-hydrogen) atoms. The average molecular weight is 344 g/mol. The average Bonchev–Trinajstić information content (AvgIpc) is 2.52. The van der Waals surface area contributed by atoms with Crippen LogP contribution in [0.5, 0.6) is 5.75 Å². The van der Waals surface area contributed by atoms with Gasteiger partial charge in [0, 0.05) is 38.9 Å². The Bertz CT molecular complexity index is 604. The molecule has 130 valence electrons. The van der Waals surface area contributed by atoms with Crippen LogP contribution in [0.25, 0.3) is 0 Å². The van der Waals surface area contributed by atoms with Crippen molar-refractivity contribution in [2.24, 2.45) is 0 Å². The molecule has 1 aromatic rings. The fourth-order valence-corrected chi connectivity index (χ4v) is 2.87. The lowest BCUT2D eigenvalue weighted by Gasteiger charge is -2.20. The zero-order chi connectivity index (χ0) is 17.3. The molecule has 0 aliphatic rings. The van der Waals surface area contributed by atoms with Gasteiger partial charge >= 0.3 is 0 Å². The zero-order valence-corrected chi connectivity index (χ0v) is 14.6. The maximum absolute atomic E-state index is 12.0. The van der Waals surface area contributed by atoms with Crippen molar-refractivity contribution in [3.63, 3.8) is 0 Å². The SMILES string of the molecule is COCCCN(CCNC(=O)c1cccc(OC)c1)S(C)(=O)=O. The lowest BCUT2D eigenvalue weighted by atomic mass is 10.2. The van der Waals surface area contributed by atoms with Crippen LogP contribution in [0, 0.1) is 0 Å². The molecule has 0 fully saturated rings. The second kappa shape index (κ2) is 9.49. The van der Waals surface area contributed by atoms with E-state index in [4.69, 9.17) is 9.47 Å². The Morgan fingerprint density at radius 2 is 2.00 bits per heavy atom. The second-order valence-electron chi connectivity index (χ2n) is 5.00. The number of ether oxygens (including phenoxy) is 2. The maximum Gasteiger partial charge on any atom is 0.251 e. The number of carbonyl (C=O) groups is 1. The van der Waals surface area contributed by atoms with E-state index in [9.17, 15) is 13.2 Å². The molecule has 1 N–H and O–H groups in total. The summed E-state index contributed by atoms with van der Waals surface area (Å²) in [7, 11) is -0.215. The normalized spacial score (nSPS) is 11.5. The van der Waals surface area contributed by atoms with Crippen LogP contribution in [0.15, 0.2) is 24.3 Å². The van der Waals surface area contributed by atoms with Crippen LogP contribution >= 0.6 is 0 Å². The lowest BCUT2D eigenvalue weighted by molar-refractivity contribution is 0.0951. The van der Waals surface area contributed by atoms with Gasteiger partial charge in [0.2, 0.25) is 10.0 Å². The predicted molar refractivity (Wildman–Crippen MR) is 88.2 cm³/mol. The number of benzene rings is 1. The molecule has 0 spiro atoms. The van der Waals surface area contributed by atoms with Gasteiger partial charge in [0.15, 0.2) is 0 Å². The summed E-state index contributed by atoms with van der Waals surface area (Å²) in [6.45, 7) is 1.30. The number of carbonyl (C=O) groups excluding carboxylic acids is 1. The molecule has 0 aliphatic carbocycles. The van der Waals surface area contributed by atoms with E-state index in [1.54, 1.807) is 31.4 Å². The van der Waals surface area contributed by atoms with E-state index in [0.717, 1.165) is 6.26 Å². The molecular weight excluding hydrogens is 320 g/mol. The molecule has 0 aromatic heterocycles. The number of hydrogen-bond donors (Lipinski definition) is 1. The Balaban J connectivity index is 2.53. The van der Waals surface area contributed by atoms with Crippen LogP contribution in [0.2, 0.25) is 0 Å². The highest BCUT2D eigenvalue weighted by atomic mass is 32.2. The quantitative estimate of drug-likeness (QED) is 0.632. The Hall–Kier alpha value is -1.64. The summed E-state index contributed by atoms with van der Waals surface area (Å²) < 4.78 is 34.7. The van der Waals surface area contributed by atoms with Gasteiger partial charge in [-0.3, -0.25) is 4.79 Å². The van der Waals surface area contributed by atoms with Crippen LogP contribution in [0.3, 0.4) is 0 Å². The van der Waals surface area contributed by atoms with Crippen LogP contribution in [0.1, 0.15) is 16.8 Å². The third-order valence-corrected chi connectivity index (χ3v) is 4.51. The first kappa shape index (κ1) is 19.4. The molecule has 0 bridgehead atoms. The van der Waals surface area contributed by atoms with E-state index < -0.39 is 10.0 Å². The van der Waals surface area contributed by atoms with Gasteiger partial charge in [-0.15, -0.1) is 0 Å². The second-order valence-corrected chi connectivity index (χ2v) is 6.98. The molecule has 1 rings (SSSR count). The van der Waals surface area contributed by atoms with E-state index in [2.05, 4.69) is 5.32 Å². The number of hydrogen-bond acceptors (Lipinski definition) is 5. The van der Waals surface area contributed by atoms with Crippen molar-refractivity contribution < 1.29 is 22.7 Å². The van der Waals surface area contributed by atoms with Gasteiger partial charge in [-0.05, 0) is 24.6 Å². The topological polar surface area (TPSA) is 84.9 Å². The van der Waals surface area contributed by atoms with Crippen LogP contribution < -0.4 is 10.1 Å². The third kappa shape index (κ3) is 6.98. The fourth-order valence-electron chi connectivity index (χ4n) is 1.99. The summed E-state index contributed by atoms with van der Waals surface area (Å²) in [5.74, 6) is 0.323. The van der Waals surface area contributed by atoms with Crippen LogP contribution in [-0.4, -0.2) is 65.3 Å². The molecule has 7 nitrogen and oxygen atoms in total. The molecule has 0 saturated carbocycles. The van der Waals surface area contributed by atoms with Crippen molar-refractivity contribution in [3.05, 3.63) is 29.8 Å². The summed E-state index contributed by atoms with van der Waals surface area (Å²) in [6, 6.07) is 6.77. The Labute approximate surface area is 137 Å². The summed E-state index contributed by atoms with van der Waals surface area (Å²) in [6.07, 6.45) is 1.76. The van der Waals surface area contributed by atoms with Gasteiger partial charge in [0.25, 0.3) is 5.91 Å². The summed E-state index contributed by atoms with van der Waals surface area (Å²) in [5.41, 5.74) is 0.467. The molecule has 8 heteroatoms. The number of nitrogens with zero attached hydrogens (tertiary/aromatic N) is 1. The van der Waals surface area contributed by atoms with Crippen LogP contribution in [-0.2, 0) is 14.8 Å². The number of sulfonamides is 1. The number of amides is 1. The van der Waals surface area contributed by atoms with Crippen molar-refractivity contribution in [2.75, 3.05) is 46.7 Å². The molecule has 0 radical (unpaired) electrons. The molecule has 0 heterocycles. The smallest absolute Gasteiger partial charge is 0.251 e. The minimum atomic E-state index is -3.31. The highest BCUT2D eigenvalue weighted by Gasteiger charge is 2.16. The van der Waals surface area contributed by atoms with Crippen molar-refractivity contribution in [3.8, 4) is 5.75 Å². The lowest BCUT2D eigenvalue weighted by Crippen LogP contribution is -2.38. The van der Waals surface area contributed by atoms with E-state index in [-0.39, 0.29) is 19.0 Å². The molecule has 0 saturated heterocycles. The largest absolute Gasteiger partial charge is 0.497 e. The summed E-state index contributed by atoms with van der Waals surface area (Å²) in [4.78, 5) is 12.0. The zero-order valence-electron chi connectivity index (χ0n) is 13.7. The number of methoxy groups -OCH3 is 2. The first-order valence-electron chi connectivity index (χ1n) is 7.24. The first-order chi connectivity index (χ1) is 10.9. The molecule has 0 aliphatic heterocycles. The van der Waals surface area contributed by atoms with E-state index in [0.29, 0.717) is 30.9 Å². The van der Waals surface area contributed by atoms with E-state index >= 15 is 0 Å². The minimum Gasteiger partial charge on any atom is -0.497 e. The van der Waals surface area contributed by atoms with Crippen LogP contribution in [0.4, 0.5) is 0 Å². The van der Waals surface area contributed by atoms with E-state index in [1.165, 1.54) is 11.4 Å². The molecular formula is C15H24N2O5S. The Morgan fingerprint density at radius 3 is 2.61 bits per heavy atom. The molecule has 0 atom stereocenters. The number of nitrogens with one attached hydrogen (secondary N) is 1. The van der Waals surface area contributed by atoms with Gasteiger partial charge < -0.3 is 14.8 Å². The molecule has 1 amide bonds. The van der Waals surface area contributed by atoms with Crippen molar-refractivity contribution in [1.82, 2.24) is 9.62 Å². The Morgan fingerprint density at radius 1 is 1.26 bits per heavy atom. The fraction of sp³-hybridized carbons (Fsp3) is 0.533. The summed E-state index contributed by atoms with van der Waals surface area (Å²) in [5, 5.41) is 2.71. The standard InChI is InChI=1S/C15H24N2O5S/c1-21-11-5-9-17(23(3,19)20)10-8-16-15(18)13-6-4-7-14(12-13)22-2/h4,6-7,12H,5,8-11H2,1-3H3,(H,16,18). The molecule has 1 aromatic carbocycles. The highest BCUT2D eigenvalue weighted by molar-refractivity contribution is 7.88. The van der Waals surface area contributed by atoms with Crippen molar-refractivity contribution >= 4 is 15.9 Å². The first-order valence-corrected chi connectivity index (χ1v) is 9.09. The number of rotatable bonds is 10. The predicted octanol–water partition coefficient (Wildman–Crippen LogP) is 0.723. The Kier molecular flexibility index (Phi) is 8.01. The highest BCUT2D eigenvalue weighted by Crippen LogP contribution is 2.12. The van der Waals surface area contributed by atoms with Gasteiger partial charge in [0.1, 0.15) is 5.75 Å². The van der Waals surface area contributed by atoms with Gasteiger partial charge in [-0.2, -0.15) is 0 Å². The maximum atomic E-state index is 12.0. The van der Waals surface area contributed by atoms with Crippen molar-refractivity contribution in [1.29, 1.82) is 0 Å². The molecule has 0 unspecified atom stereocenters. The van der Waals surface area contributed by atoms with E-state index in [1.807, 2.05) is 0 Å².